The molecule has 0 atom stereocenters. The number of hydrogen-bond acceptors (Lipinski definition) is 3. The van der Waals surface area contributed by atoms with E-state index in [9.17, 15) is 0 Å². The number of nitrogens with zero attached hydrogens (tertiary/aromatic N) is 2. The van der Waals surface area contributed by atoms with Crippen molar-refractivity contribution in [3.05, 3.63) is 18.2 Å². The summed E-state index contributed by atoms with van der Waals surface area (Å²) < 4.78 is 5.12. The molecule has 0 unspecified atom stereocenters. The molecule has 0 aliphatic heterocycles. The van der Waals surface area contributed by atoms with Crippen LogP contribution in [-0.2, 0) is 0 Å². The van der Waals surface area contributed by atoms with Crippen LogP contribution < -0.4 is 9.64 Å². The van der Waals surface area contributed by atoms with E-state index in [0.29, 0.717) is 5.88 Å². The van der Waals surface area contributed by atoms with E-state index < -0.39 is 0 Å². The summed E-state index contributed by atoms with van der Waals surface area (Å²) in [6.45, 7) is 1.07. The molecule has 1 fully saturated rings. The van der Waals surface area contributed by atoms with Crippen LogP contribution in [0.2, 0.25) is 0 Å². The minimum atomic E-state index is 0.677. The van der Waals surface area contributed by atoms with Gasteiger partial charge in [-0.25, -0.2) is 0 Å². The van der Waals surface area contributed by atoms with Gasteiger partial charge in [0.25, 0.3) is 0 Å². The number of ether oxygens (including phenoxy) is 1. The molecule has 0 N–H and O–H groups in total. The van der Waals surface area contributed by atoms with Gasteiger partial charge in [0, 0.05) is 24.5 Å². The molecular formula is C12H17BrN2O. The third-order valence-electron chi connectivity index (χ3n) is 3.02. The Hall–Kier alpha value is -0.770. The monoisotopic (exact) mass is 284 g/mol. The van der Waals surface area contributed by atoms with Gasteiger partial charge in [-0.2, -0.15) is 4.98 Å². The van der Waals surface area contributed by atoms with E-state index in [0.717, 1.165) is 23.1 Å². The molecule has 0 saturated heterocycles. The number of pyridine rings is 1. The lowest BCUT2D eigenvalue weighted by Gasteiger charge is -2.34. The molecule has 0 radical (unpaired) electrons. The molecule has 2 rings (SSSR count). The summed E-state index contributed by atoms with van der Waals surface area (Å²) in [6.07, 6.45) is 2.54. The van der Waals surface area contributed by atoms with E-state index in [-0.39, 0.29) is 0 Å². The van der Waals surface area contributed by atoms with Gasteiger partial charge in [0.2, 0.25) is 5.88 Å². The summed E-state index contributed by atoms with van der Waals surface area (Å²) in [7, 11) is 3.73. The van der Waals surface area contributed by atoms with Crippen LogP contribution in [-0.4, -0.2) is 30.5 Å². The number of anilines is 1. The third-order valence-corrected chi connectivity index (χ3v) is 3.77. The van der Waals surface area contributed by atoms with Gasteiger partial charge in [-0.15, -0.1) is 0 Å². The Morgan fingerprint density at radius 3 is 2.88 bits per heavy atom. The van der Waals surface area contributed by atoms with E-state index in [1.54, 1.807) is 7.11 Å². The van der Waals surface area contributed by atoms with Crippen LogP contribution in [0.25, 0.3) is 0 Å². The van der Waals surface area contributed by atoms with Crippen molar-refractivity contribution in [1.29, 1.82) is 0 Å². The first-order valence-electron chi connectivity index (χ1n) is 5.55. The highest BCUT2D eigenvalue weighted by molar-refractivity contribution is 9.09. The second kappa shape index (κ2) is 5.04. The molecule has 0 spiro atoms. The predicted octanol–water partition coefficient (Wildman–Crippen LogP) is 2.70. The Morgan fingerprint density at radius 2 is 2.25 bits per heavy atom. The van der Waals surface area contributed by atoms with Crippen LogP contribution in [0.15, 0.2) is 18.2 Å². The van der Waals surface area contributed by atoms with Crippen LogP contribution in [0.1, 0.15) is 12.8 Å². The zero-order valence-corrected chi connectivity index (χ0v) is 11.3. The van der Waals surface area contributed by atoms with Gasteiger partial charge in [0.15, 0.2) is 0 Å². The Balaban J connectivity index is 1.94. The summed E-state index contributed by atoms with van der Waals surface area (Å²) in [5.41, 5.74) is 0. The van der Waals surface area contributed by atoms with Crippen molar-refractivity contribution in [1.82, 2.24) is 4.98 Å². The minimum Gasteiger partial charge on any atom is -0.481 e. The SMILES string of the molecule is COc1cccc(N(C)CC2CC(Br)C2)n1. The van der Waals surface area contributed by atoms with Crippen LogP contribution >= 0.6 is 15.9 Å². The van der Waals surface area contributed by atoms with Gasteiger partial charge in [-0.3, -0.25) is 0 Å². The second-order valence-electron chi connectivity index (χ2n) is 4.35. The zero-order chi connectivity index (χ0) is 11.5. The molecular weight excluding hydrogens is 268 g/mol. The predicted molar refractivity (Wildman–Crippen MR) is 69.5 cm³/mol. The van der Waals surface area contributed by atoms with Crippen molar-refractivity contribution in [2.75, 3.05) is 25.6 Å². The van der Waals surface area contributed by atoms with Crippen molar-refractivity contribution >= 4 is 21.7 Å². The lowest BCUT2D eigenvalue weighted by molar-refractivity contribution is 0.338. The lowest BCUT2D eigenvalue weighted by atomic mass is 9.85. The first-order valence-corrected chi connectivity index (χ1v) is 6.47. The highest BCUT2D eigenvalue weighted by Crippen LogP contribution is 2.34. The largest absolute Gasteiger partial charge is 0.481 e. The maximum atomic E-state index is 5.12. The normalized spacial score (nSPS) is 23.7. The van der Waals surface area contributed by atoms with Crippen molar-refractivity contribution in [3.63, 3.8) is 0 Å². The van der Waals surface area contributed by atoms with Crippen LogP contribution in [0.3, 0.4) is 0 Å². The Labute approximate surface area is 105 Å². The quantitative estimate of drug-likeness (QED) is 0.795. The fourth-order valence-corrected chi connectivity index (χ4v) is 3.07. The topological polar surface area (TPSA) is 25.4 Å². The van der Waals surface area contributed by atoms with E-state index >= 15 is 0 Å². The molecule has 1 aromatic heterocycles. The molecule has 0 bridgehead atoms. The summed E-state index contributed by atoms with van der Waals surface area (Å²) in [6, 6.07) is 5.87. The zero-order valence-electron chi connectivity index (χ0n) is 9.69. The summed E-state index contributed by atoms with van der Waals surface area (Å²) in [5.74, 6) is 2.45. The van der Waals surface area contributed by atoms with Crippen LogP contribution in [0.4, 0.5) is 5.82 Å². The van der Waals surface area contributed by atoms with Crippen molar-refractivity contribution in [2.24, 2.45) is 5.92 Å². The molecule has 88 valence electrons. The summed E-state index contributed by atoms with van der Waals surface area (Å²) in [4.78, 5) is 7.34. The molecule has 3 nitrogen and oxygen atoms in total. The number of halogens is 1. The van der Waals surface area contributed by atoms with Crippen molar-refractivity contribution in [2.45, 2.75) is 17.7 Å². The fraction of sp³-hybridized carbons (Fsp3) is 0.583. The maximum absolute atomic E-state index is 5.12. The third kappa shape index (κ3) is 2.67. The molecule has 0 amide bonds. The summed E-state index contributed by atoms with van der Waals surface area (Å²) >= 11 is 3.62. The van der Waals surface area contributed by atoms with Gasteiger partial charge in [0.05, 0.1) is 7.11 Å². The summed E-state index contributed by atoms with van der Waals surface area (Å²) in [5, 5.41) is 0. The van der Waals surface area contributed by atoms with E-state index in [1.807, 2.05) is 18.2 Å². The average molecular weight is 285 g/mol. The maximum Gasteiger partial charge on any atom is 0.214 e. The van der Waals surface area contributed by atoms with E-state index in [1.165, 1.54) is 12.8 Å². The van der Waals surface area contributed by atoms with Gasteiger partial charge in [-0.1, -0.05) is 22.0 Å². The number of alkyl halides is 1. The number of hydrogen-bond donors (Lipinski definition) is 0. The molecule has 16 heavy (non-hydrogen) atoms. The first kappa shape index (κ1) is 11.7. The Kier molecular flexibility index (Phi) is 3.69. The van der Waals surface area contributed by atoms with E-state index in [2.05, 4.69) is 32.9 Å². The van der Waals surface area contributed by atoms with E-state index in [4.69, 9.17) is 4.74 Å². The second-order valence-corrected chi connectivity index (χ2v) is 5.65. The number of methoxy groups -OCH3 is 1. The highest BCUT2D eigenvalue weighted by Gasteiger charge is 2.27. The Bertz CT molecular complexity index is 353. The van der Waals surface area contributed by atoms with Crippen molar-refractivity contribution < 1.29 is 4.74 Å². The van der Waals surface area contributed by atoms with Gasteiger partial charge >= 0.3 is 0 Å². The number of rotatable bonds is 4. The number of aromatic nitrogens is 1. The van der Waals surface area contributed by atoms with Gasteiger partial charge < -0.3 is 9.64 Å². The molecule has 4 heteroatoms. The molecule has 1 heterocycles. The highest BCUT2D eigenvalue weighted by atomic mass is 79.9. The van der Waals surface area contributed by atoms with Crippen LogP contribution in [0, 0.1) is 5.92 Å². The fourth-order valence-electron chi connectivity index (χ4n) is 2.01. The molecule has 1 saturated carbocycles. The molecule has 1 aromatic rings. The standard InChI is InChI=1S/C12H17BrN2O/c1-15(8-9-6-10(13)7-9)11-4-3-5-12(14-11)16-2/h3-5,9-10H,6-8H2,1-2H3. The van der Waals surface area contributed by atoms with Gasteiger partial charge in [0.1, 0.15) is 5.82 Å². The first-order chi connectivity index (χ1) is 7.69. The Morgan fingerprint density at radius 1 is 1.50 bits per heavy atom. The molecule has 0 aromatic carbocycles. The molecule has 1 aliphatic rings. The molecule has 1 aliphatic carbocycles. The van der Waals surface area contributed by atoms with Crippen LogP contribution in [0.5, 0.6) is 5.88 Å². The smallest absolute Gasteiger partial charge is 0.214 e. The average Bonchev–Trinajstić information content (AvgIpc) is 2.27. The van der Waals surface area contributed by atoms with Crippen molar-refractivity contribution in [3.8, 4) is 5.88 Å². The van der Waals surface area contributed by atoms with Gasteiger partial charge in [-0.05, 0) is 24.8 Å². The lowest BCUT2D eigenvalue weighted by Crippen LogP contribution is -2.34. The minimum absolute atomic E-state index is 0.677.